The average molecular weight is 221 g/mol. The van der Waals surface area contributed by atoms with E-state index >= 15 is 0 Å². The summed E-state index contributed by atoms with van der Waals surface area (Å²) in [6.07, 6.45) is 1.35. The number of pyridine rings is 1. The number of carboxylic acid groups (broad SMARTS) is 1. The van der Waals surface area contributed by atoms with E-state index in [9.17, 15) is 14.0 Å². The normalized spacial score (nSPS) is 10.6. The largest absolute Gasteiger partial charge is 0.480 e. The van der Waals surface area contributed by atoms with Crippen molar-refractivity contribution < 1.29 is 14.3 Å². The van der Waals surface area contributed by atoms with Crippen LogP contribution in [0.5, 0.6) is 0 Å². The molecule has 0 unspecified atom stereocenters. The lowest BCUT2D eigenvalue weighted by molar-refractivity contribution is -0.137. The summed E-state index contributed by atoms with van der Waals surface area (Å²) >= 11 is 0. The van der Waals surface area contributed by atoms with Crippen LogP contribution in [0.3, 0.4) is 0 Å². The van der Waals surface area contributed by atoms with Crippen LogP contribution in [0.2, 0.25) is 0 Å². The Bertz CT molecular complexity index is 618. The minimum absolute atomic E-state index is 0.310. The molecule has 5 heteroatoms. The van der Waals surface area contributed by atoms with Crippen LogP contribution in [0.15, 0.2) is 35.3 Å². The highest BCUT2D eigenvalue weighted by atomic mass is 19.1. The van der Waals surface area contributed by atoms with Crippen molar-refractivity contribution in [1.29, 1.82) is 0 Å². The highest BCUT2D eigenvalue weighted by molar-refractivity contribution is 5.81. The Balaban J connectivity index is 2.66. The molecule has 0 fully saturated rings. The van der Waals surface area contributed by atoms with Gasteiger partial charge in [-0.1, -0.05) is 0 Å². The molecule has 0 atom stereocenters. The Labute approximate surface area is 89.6 Å². The molecule has 0 aliphatic heterocycles. The Kier molecular flexibility index (Phi) is 2.44. The standard InChI is InChI=1S/C11H8FNO3/c12-8-1-2-9-7(5-8)3-4-13(11(9)16)6-10(14)15/h1-5H,6H2,(H,14,15). The fourth-order valence-corrected chi connectivity index (χ4v) is 1.53. The van der Waals surface area contributed by atoms with E-state index in [-0.39, 0.29) is 0 Å². The van der Waals surface area contributed by atoms with E-state index in [4.69, 9.17) is 5.11 Å². The van der Waals surface area contributed by atoms with Crippen LogP contribution < -0.4 is 5.56 Å². The van der Waals surface area contributed by atoms with Crippen molar-refractivity contribution in [2.24, 2.45) is 0 Å². The number of aromatic nitrogens is 1. The van der Waals surface area contributed by atoms with Crippen LogP contribution in [0.4, 0.5) is 4.39 Å². The molecule has 1 N–H and O–H groups in total. The average Bonchev–Trinajstić information content (AvgIpc) is 2.22. The van der Waals surface area contributed by atoms with Crippen LogP contribution in [-0.4, -0.2) is 15.6 Å². The zero-order valence-corrected chi connectivity index (χ0v) is 8.18. The summed E-state index contributed by atoms with van der Waals surface area (Å²) in [7, 11) is 0. The molecule has 0 radical (unpaired) electrons. The highest BCUT2D eigenvalue weighted by Gasteiger charge is 2.06. The molecule has 2 rings (SSSR count). The van der Waals surface area contributed by atoms with Crippen molar-refractivity contribution in [2.45, 2.75) is 6.54 Å². The van der Waals surface area contributed by atoms with Gasteiger partial charge in [-0.05, 0) is 29.7 Å². The summed E-state index contributed by atoms with van der Waals surface area (Å²) in [6, 6.07) is 5.28. The number of fused-ring (bicyclic) bond motifs is 1. The predicted octanol–water partition coefficient (Wildman–Crippen LogP) is 1.23. The van der Waals surface area contributed by atoms with Gasteiger partial charge in [0, 0.05) is 11.6 Å². The van der Waals surface area contributed by atoms with Crippen LogP contribution >= 0.6 is 0 Å². The predicted molar refractivity (Wildman–Crippen MR) is 55.8 cm³/mol. The summed E-state index contributed by atoms with van der Waals surface area (Å²) in [4.78, 5) is 22.2. The Morgan fingerprint density at radius 1 is 1.38 bits per heavy atom. The summed E-state index contributed by atoms with van der Waals surface area (Å²) in [5, 5.41) is 9.36. The minimum atomic E-state index is -1.09. The van der Waals surface area contributed by atoms with Gasteiger partial charge in [-0.15, -0.1) is 0 Å². The summed E-state index contributed by atoms with van der Waals surface area (Å²) in [5.41, 5.74) is -0.431. The molecule has 16 heavy (non-hydrogen) atoms. The fourth-order valence-electron chi connectivity index (χ4n) is 1.53. The van der Waals surface area contributed by atoms with Gasteiger partial charge in [0.25, 0.3) is 5.56 Å². The molecule has 0 spiro atoms. The van der Waals surface area contributed by atoms with Gasteiger partial charge in [0.15, 0.2) is 0 Å². The molecule has 0 aliphatic rings. The lowest BCUT2D eigenvalue weighted by atomic mass is 10.2. The van der Waals surface area contributed by atoms with Crippen molar-refractivity contribution in [1.82, 2.24) is 4.57 Å². The number of benzene rings is 1. The maximum Gasteiger partial charge on any atom is 0.323 e. The third-order valence-electron chi connectivity index (χ3n) is 2.24. The monoisotopic (exact) mass is 221 g/mol. The molecule has 1 aromatic carbocycles. The van der Waals surface area contributed by atoms with Crippen LogP contribution in [-0.2, 0) is 11.3 Å². The number of carbonyl (C=O) groups is 1. The molecule has 0 amide bonds. The first-order valence-corrected chi connectivity index (χ1v) is 4.58. The molecular weight excluding hydrogens is 213 g/mol. The number of aliphatic carboxylic acids is 1. The van der Waals surface area contributed by atoms with Gasteiger partial charge in [-0.3, -0.25) is 9.59 Å². The van der Waals surface area contributed by atoms with E-state index in [1.54, 1.807) is 0 Å². The van der Waals surface area contributed by atoms with E-state index in [1.807, 2.05) is 0 Å². The van der Waals surface area contributed by atoms with E-state index in [2.05, 4.69) is 0 Å². The number of hydrogen-bond acceptors (Lipinski definition) is 2. The molecule has 0 bridgehead atoms. The zero-order chi connectivity index (χ0) is 11.7. The summed E-state index contributed by atoms with van der Waals surface area (Å²) in [5.74, 6) is -1.52. The fraction of sp³-hybridized carbons (Fsp3) is 0.0909. The SMILES string of the molecule is O=C(O)Cn1ccc2cc(F)ccc2c1=O. The highest BCUT2D eigenvalue weighted by Crippen LogP contribution is 2.11. The van der Waals surface area contributed by atoms with Gasteiger partial charge < -0.3 is 9.67 Å². The molecule has 1 heterocycles. The van der Waals surface area contributed by atoms with Gasteiger partial charge in [-0.2, -0.15) is 0 Å². The number of hydrogen-bond donors (Lipinski definition) is 1. The number of carboxylic acids is 1. The first kappa shape index (κ1) is 10.4. The van der Waals surface area contributed by atoms with Gasteiger partial charge in [0.2, 0.25) is 0 Å². The van der Waals surface area contributed by atoms with Gasteiger partial charge >= 0.3 is 5.97 Å². The lowest BCUT2D eigenvalue weighted by Gasteiger charge is -2.03. The molecule has 0 aliphatic carbocycles. The van der Waals surface area contributed by atoms with Crippen molar-refractivity contribution in [3.63, 3.8) is 0 Å². The molecule has 0 saturated carbocycles. The van der Waals surface area contributed by atoms with Gasteiger partial charge in [0.05, 0.1) is 0 Å². The summed E-state index contributed by atoms with van der Waals surface area (Å²) < 4.78 is 13.9. The maximum atomic E-state index is 12.9. The van der Waals surface area contributed by atoms with Crippen LogP contribution in [0.1, 0.15) is 0 Å². The van der Waals surface area contributed by atoms with Crippen molar-refractivity contribution in [3.05, 3.63) is 46.6 Å². The van der Waals surface area contributed by atoms with E-state index in [1.165, 1.54) is 30.5 Å². The van der Waals surface area contributed by atoms with Gasteiger partial charge in [0.1, 0.15) is 12.4 Å². The number of rotatable bonds is 2. The maximum absolute atomic E-state index is 12.9. The molecule has 82 valence electrons. The van der Waals surface area contributed by atoms with Crippen molar-refractivity contribution in [2.75, 3.05) is 0 Å². The van der Waals surface area contributed by atoms with Gasteiger partial charge in [-0.25, -0.2) is 4.39 Å². The summed E-state index contributed by atoms with van der Waals surface area (Å²) in [6.45, 7) is -0.397. The zero-order valence-electron chi connectivity index (χ0n) is 8.18. The molecule has 2 aromatic rings. The second-order valence-corrected chi connectivity index (χ2v) is 3.37. The second kappa shape index (κ2) is 3.77. The molecule has 0 saturated heterocycles. The number of halogens is 1. The van der Waals surface area contributed by atoms with Crippen LogP contribution in [0, 0.1) is 5.82 Å². The molecule has 1 aromatic heterocycles. The lowest BCUT2D eigenvalue weighted by Crippen LogP contribution is -2.23. The van der Waals surface area contributed by atoms with Crippen molar-refractivity contribution >= 4 is 16.7 Å². The Morgan fingerprint density at radius 2 is 2.12 bits per heavy atom. The minimum Gasteiger partial charge on any atom is -0.480 e. The topological polar surface area (TPSA) is 59.3 Å². The first-order valence-electron chi connectivity index (χ1n) is 4.58. The van der Waals surface area contributed by atoms with Crippen LogP contribution in [0.25, 0.3) is 10.8 Å². The quantitative estimate of drug-likeness (QED) is 0.829. The third-order valence-corrected chi connectivity index (χ3v) is 2.24. The third kappa shape index (κ3) is 1.79. The first-order chi connectivity index (χ1) is 7.58. The smallest absolute Gasteiger partial charge is 0.323 e. The van der Waals surface area contributed by atoms with E-state index in [0.29, 0.717) is 10.8 Å². The molecule has 4 nitrogen and oxygen atoms in total. The van der Waals surface area contributed by atoms with Crippen molar-refractivity contribution in [3.8, 4) is 0 Å². The Morgan fingerprint density at radius 3 is 2.81 bits per heavy atom. The Hall–Kier alpha value is -2.17. The number of nitrogens with zero attached hydrogens (tertiary/aromatic N) is 1. The van der Waals surface area contributed by atoms with E-state index in [0.717, 1.165) is 4.57 Å². The van der Waals surface area contributed by atoms with E-state index < -0.39 is 23.9 Å². The molecular formula is C11H8FNO3. The second-order valence-electron chi connectivity index (χ2n) is 3.37.